The number of hydrogen-bond donors (Lipinski definition) is 0. The van der Waals surface area contributed by atoms with Crippen LogP contribution in [0.25, 0.3) is 11.5 Å². The monoisotopic (exact) mass is 200 g/mol. The first-order valence-electron chi connectivity index (χ1n) is 4.78. The summed E-state index contributed by atoms with van der Waals surface area (Å²) in [7, 11) is 0. The summed E-state index contributed by atoms with van der Waals surface area (Å²) in [6.45, 7) is 5.83. The second kappa shape index (κ2) is 3.73. The van der Waals surface area contributed by atoms with Crippen LogP contribution in [-0.4, -0.2) is 20.2 Å². The van der Waals surface area contributed by atoms with Gasteiger partial charge in [0.15, 0.2) is 0 Å². The second-order valence-electron chi connectivity index (χ2n) is 3.52. The summed E-state index contributed by atoms with van der Waals surface area (Å²) in [4.78, 5) is 8.56. The zero-order chi connectivity index (χ0) is 10.8. The van der Waals surface area contributed by atoms with Gasteiger partial charge in [0.1, 0.15) is 5.69 Å². The fraction of sp³-hybridized carbons (Fsp3) is 0.273. The van der Waals surface area contributed by atoms with Crippen molar-refractivity contribution in [2.75, 3.05) is 0 Å². The van der Waals surface area contributed by atoms with E-state index in [1.54, 1.807) is 6.20 Å². The molecule has 0 radical (unpaired) electrons. The average Bonchev–Trinajstić information content (AvgIpc) is 2.22. The third-order valence-corrected chi connectivity index (χ3v) is 2.24. The van der Waals surface area contributed by atoms with Crippen molar-refractivity contribution in [2.24, 2.45) is 0 Å². The van der Waals surface area contributed by atoms with Gasteiger partial charge in [-0.1, -0.05) is 0 Å². The molecule has 0 saturated carbocycles. The maximum absolute atomic E-state index is 4.35. The minimum Gasteiger partial charge on any atom is -0.253 e. The molecule has 2 heterocycles. The first kappa shape index (κ1) is 9.71. The number of aryl methyl sites for hydroxylation is 3. The van der Waals surface area contributed by atoms with Gasteiger partial charge in [-0.3, -0.25) is 4.98 Å². The van der Waals surface area contributed by atoms with Gasteiger partial charge in [-0.25, -0.2) is 4.98 Å². The molecule has 0 unspecified atom stereocenters. The second-order valence-corrected chi connectivity index (χ2v) is 3.52. The Morgan fingerprint density at radius 3 is 2.47 bits per heavy atom. The predicted octanol–water partition coefficient (Wildman–Crippen LogP) is 1.86. The topological polar surface area (TPSA) is 51.6 Å². The summed E-state index contributed by atoms with van der Waals surface area (Å²) in [5, 5.41) is 8.06. The number of nitrogens with zero attached hydrogens (tertiary/aromatic N) is 4. The molecule has 2 aromatic rings. The van der Waals surface area contributed by atoms with Gasteiger partial charge >= 0.3 is 0 Å². The molecule has 0 aliphatic carbocycles. The van der Waals surface area contributed by atoms with Gasteiger partial charge in [0.25, 0.3) is 0 Å². The molecule has 76 valence electrons. The van der Waals surface area contributed by atoms with E-state index >= 15 is 0 Å². The van der Waals surface area contributed by atoms with Crippen molar-refractivity contribution in [3.8, 4) is 11.5 Å². The van der Waals surface area contributed by atoms with Crippen molar-refractivity contribution in [1.82, 2.24) is 20.2 Å². The quantitative estimate of drug-likeness (QED) is 0.705. The fourth-order valence-corrected chi connectivity index (χ4v) is 1.22. The maximum Gasteiger partial charge on any atom is 0.200 e. The summed E-state index contributed by atoms with van der Waals surface area (Å²) in [6.07, 6.45) is 1.75. The molecule has 0 spiro atoms. The van der Waals surface area contributed by atoms with E-state index in [1.165, 1.54) is 0 Å². The van der Waals surface area contributed by atoms with Crippen LogP contribution in [0.5, 0.6) is 0 Å². The van der Waals surface area contributed by atoms with E-state index in [0.29, 0.717) is 5.82 Å². The van der Waals surface area contributed by atoms with Gasteiger partial charge in [0.05, 0.1) is 11.4 Å². The molecule has 4 nitrogen and oxygen atoms in total. The maximum atomic E-state index is 4.35. The third kappa shape index (κ3) is 1.98. The summed E-state index contributed by atoms with van der Waals surface area (Å²) >= 11 is 0. The highest BCUT2D eigenvalue weighted by molar-refractivity contribution is 5.49. The first-order valence-corrected chi connectivity index (χ1v) is 4.78. The Kier molecular flexibility index (Phi) is 2.41. The molecule has 0 saturated heterocycles. The van der Waals surface area contributed by atoms with E-state index in [1.807, 2.05) is 32.9 Å². The van der Waals surface area contributed by atoms with E-state index in [9.17, 15) is 0 Å². The minimum absolute atomic E-state index is 0.585. The molecule has 0 aliphatic rings. The summed E-state index contributed by atoms with van der Waals surface area (Å²) in [5.41, 5.74) is 3.65. The molecule has 0 bridgehead atoms. The van der Waals surface area contributed by atoms with Gasteiger partial charge in [0.2, 0.25) is 5.82 Å². The van der Waals surface area contributed by atoms with Gasteiger partial charge in [-0.2, -0.15) is 5.10 Å². The Bertz CT molecular complexity index is 494. The predicted molar refractivity (Wildman–Crippen MR) is 57.3 cm³/mol. The lowest BCUT2D eigenvalue weighted by atomic mass is 10.2. The lowest BCUT2D eigenvalue weighted by Crippen LogP contribution is -2.00. The molecular formula is C11H12N4. The van der Waals surface area contributed by atoms with Crippen molar-refractivity contribution in [2.45, 2.75) is 20.8 Å². The summed E-state index contributed by atoms with van der Waals surface area (Å²) < 4.78 is 0. The first-order chi connectivity index (χ1) is 7.16. The standard InChI is InChI=1S/C11H12N4/c1-7-4-5-12-10(6-7)11-13-8(2)9(3)14-15-11/h4-6H,1-3H3. The number of rotatable bonds is 1. The Labute approximate surface area is 88.4 Å². The normalized spacial score (nSPS) is 10.3. The Balaban J connectivity index is 2.50. The summed E-state index contributed by atoms with van der Waals surface area (Å²) in [6, 6.07) is 3.89. The third-order valence-electron chi connectivity index (χ3n) is 2.24. The number of hydrogen-bond acceptors (Lipinski definition) is 4. The Hall–Kier alpha value is -1.84. The van der Waals surface area contributed by atoms with Crippen LogP contribution < -0.4 is 0 Å². The lowest BCUT2D eigenvalue weighted by Gasteiger charge is -2.01. The van der Waals surface area contributed by atoms with Crippen LogP contribution in [0, 0.1) is 20.8 Å². The molecule has 2 aromatic heterocycles. The van der Waals surface area contributed by atoms with Gasteiger partial charge in [-0.05, 0) is 38.5 Å². The molecule has 0 aliphatic heterocycles. The molecular weight excluding hydrogens is 188 g/mol. The number of pyridine rings is 1. The zero-order valence-electron chi connectivity index (χ0n) is 9.02. The Morgan fingerprint density at radius 1 is 1.00 bits per heavy atom. The van der Waals surface area contributed by atoms with Crippen LogP contribution in [0.1, 0.15) is 17.0 Å². The van der Waals surface area contributed by atoms with Crippen molar-refractivity contribution in [3.05, 3.63) is 35.3 Å². The average molecular weight is 200 g/mol. The van der Waals surface area contributed by atoms with E-state index in [0.717, 1.165) is 22.6 Å². The van der Waals surface area contributed by atoms with Crippen LogP contribution in [0.4, 0.5) is 0 Å². The lowest BCUT2D eigenvalue weighted by molar-refractivity contribution is 0.898. The SMILES string of the molecule is Cc1ccnc(-c2nnc(C)c(C)n2)c1. The molecule has 0 atom stereocenters. The largest absolute Gasteiger partial charge is 0.253 e. The summed E-state index contributed by atoms with van der Waals surface area (Å²) in [5.74, 6) is 0.585. The van der Waals surface area contributed by atoms with Gasteiger partial charge in [-0.15, -0.1) is 5.10 Å². The van der Waals surface area contributed by atoms with Crippen molar-refractivity contribution >= 4 is 0 Å². The van der Waals surface area contributed by atoms with Crippen LogP contribution in [0.15, 0.2) is 18.3 Å². The van der Waals surface area contributed by atoms with Crippen LogP contribution >= 0.6 is 0 Å². The number of aromatic nitrogens is 4. The Morgan fingerprint density at radius 2 is 1.80 bits per heavy atom. The minimum atomic E-state index is 0.585. The van der Waals surface area contributed by atoms with Gasteiger partial charge in [0, 0.05) is 6.20 Å². The highest BCUT2D eigenvalue weighted by atomic mass is 15.2. The molecule has 0 aromatic carbocycles. The highest BCUT2D eigenvalue weighted by Gasteiger charge is 2.05. The van der Waals surface area contributed by atoms with E-state index < -0.39 is 0 Å². The molecule has 0 amide bonds. The van der Waals surface area contributed by atoms with E-state index in [-0.39, 0.29) is 0 Å². The molecule has 15 heavy (non-hydrogen) atoms. The van der Waals surface area contributed by atoms with E-state index in [2.05, 4.69) is 20.2 Å². The zero-order valence-corrected chi connectivity index (χ0v) is 9.02. The van der Waals surface area contributed by atoms with Crippen molar-refractivity contribution in [3.63, 3.8) is 0 Å². The van der Waals surface area contributed by atoms with Crippen LogP contribution in [0.3, 0.4) is 0 Å². The molecule has 0 fully saturated rings. The molecule has 0 N–H and O–H groups in total. The van der Waals surface area contributed by atoms with E-state index in [4.69, 9.17) is 0 Å². The highest BCUT2D eigenvalue weighted by Crippen LogP contribution is 2.12. The van der Waals surface area contributed by atoms with Gasteiger partial charge < -0.3 is 0 Å². The van der Waals surface area contributed by atoms with Crippen LogP contribution in [0.2, 0.25) is 0 Å². The van der Waals surface area contributed by atoms with Crippen molar-refractivity contribution in [1.29, 1.82) is 0 Å². The fourth-order valence-electron chi connectivity index (χ4n) is 1.22. The van der Waals surface area contributed by atoms with Crippen molar-refractivity contribution < 1.29 is 0 Å². The molecule has 4 heteroatoms. The smallest absolute Gasteiger partial charge is 0.200 e. The van der Waals surface area contributed by atoms with Crippen LogP contribution in [-0.2, 0) is 0 Å². The molecule has 2 rings (SSSR count).